The van der Waals surface area contributed by atoms with Gasteiger partial charge in [-0.2, -0.15) is 0 Å². The maximum atomic E-state index is 10.5. The van der Waals surface area contributed by atoms with Crippen LogP contribution in [-0.2, 0) is 20.9 Å². The smallest absolute Gasteiger partial charge is 0.167 e. The number of aliphatic hydroxyl groups excluding tert-OH is 2. The van der Waals surface area contributed by atoms with Gasteiger partial charge in [-0.15, -0.1) is 0 Å². The molecule has 166 valence electrons. The van der Waals surface area contributed by atoms with E-state index in [0.29, 0.717) is 24.2 Å². The number of hydrogen-bond acceptors (Lipinski definition) is 9. The molecule has 0 spiro atoms. The molecule has 0 unspecified atom stereocenters. The lowest BCUT2D eigenvalue weighted by molar-refractivity contribution is -0.309. The van der Waals surface area contributed by atoms with E-state index in [4.69, 9.17) is 20.2 Å². The van der Waals surface area contributed by atoms with Crippen LogP contribution in [0.2, 0.25) is 0 Å². The van der Waals surface area contributed by atoms with Gasteiger partial charge in [0, 0.05) is 0 Å². The van der Waals surface area contributed by atoms with Crippen molar-refractivity contribution in [3.8, 4) is 0 Å². The summed E-state index contributed by atoms with van der Waals surface area (Å²) in [6.45, 7) is 0.291. The summed E-state index contributed by atoms with van der Waals surface area (Å²) < 4.78 is 7.33. The Labute approximate surface area is 183 Å². The molecule has 4 atom stereocenters. The number of anilines is 1. The zero-order valence-corrected chi connectivity index (χ0v) is 17.1. The highest BCUT2D eigenvalue weighted by atomic mass is 17.2. The predicted molar refractivity (Wildman–Crippen MR) is 115 cm³/mol. The van der Waals surface area contributed by atoms with E-state index in [1.807, 2.05) is 18.2 Å². The van der Waals surface area contributed by atoms with Gasteiger partial charge in [-0.05, 0) is 22.8 Å². The number of ether oxygens (including phenoxy) is 1. The van der Waals surface area contributed by atoms with Gasteiger partial charge in [0.15, 0.2) is 17.7 Å². The van der Waals surface area contributed by atoms with Crippen molar-refractivity contribution in [2.75, 3.05) is 18.9 Å². The van der Waals surface area contributed by atoms with Crippen LogP contribution < -0.4 is 5.73 Å². The third-order valence-corrected chi connectivity index (χ3v) is 5.65. The third-order valence-electron chi connectivity index (χ3n) is 5.65. The molecule has 4 aromatic rings. The molecule has 0 bridgehead atoms. The van der Waals surface area contributed by atoms with Gasteiger partial charge >= 0.3 is 0 Å². The van der Waals surface area contributed by atoms with Crippen molar-refractivity contribution in [1.82, 2.24) is 19.5 Å². The summed E-state index contributed by atoms with van der Waals surface area (Å²) in [5.41, 5.74) is 7.77. The van der Waals surface area contributed by atoms with E-state index in [0.717, 1.165) is 5.56 Å². The summed E-state index contributed by atoms with van der Waals surface area (Å²) in [4.78, 5) is 22.8. The number of aromatic nitrogens is 4. The fraction of sp³-hybridized carbons (Fsp3) is 0.318. The van der Waals surface area contributed by atoms with Crippen LogP contribution >= 0.6 is 0 Å². The summed E-state index contributed by atoms with van der Waals surface area (Å²) in [6, 6.07) is 14.3. The molecule has 0 amide bonds. The molecule has 2 aromatic heterocycles. The van der Waals surface area contributed by atoms with Gasteiger partial charge in [-0.1, -0.05) is 42.5 Å². The molecule has 4 N–H and O–H groups in total. The van der Waals surface area contributed by atoms with E-state index >= 15 is 0 Å². The van der Waals surface area contributed by atoms with Gasteiger partial charge in [0.25, 0.3) is 0 Å². The number of benzene rings is 2. The second kappa shape index (κ2) is 8.77. The zero-order chi connectivity index (χ0) is 22.1. The molecule has 1 saturated heterocycles. The van der Waals surface area contributed by atoms with Crippen molar-refractivity contribution < 1.29 is 24.7 Å². The van der Waals surface area contributed by atoms with Crippen molar-refractivity contribution in [2.24, 2.45) is 0 Å². The largest absolute Gasteiger partial charge is 0.387 e. The number of nitrogen functional groups attached to an aromatic ring is 1. The predicted octanol–water partition coefficient (Wildman–Crippen LogP) is 1.37. The molecular formula is C22H23N5O5. The summed E-state index contributed by atoms with van der Waals surface area (Å²) in [5.74, 6) is 0.223. The lowest BCUT2D eigenvalue weighted by Gasteiger charge is -2.16. The van der Waals surface area contributed by atoms with E-state index in [1.54, 1.807) is 0 Å². The maximum absolute atomic E-state index is 10.5. The van der Waals surface area contributed by atoms with Crippen molar-refractivity contribution in [3.05, 3.63) is 60.7 Å². The van der Waals surface area contributed by atoms with Gasteiger partial charge in [0.05, 0.1) is 12.9 Å². The Hall–Kier alpha value is -3.15. The Kier molecular flexibility index (Phi) is 5.68. The molecule has 32 heavy (non-hydrogen) atoms. The average molecular weight is 437 g/mol. The standard InChI is InChI=1S/C22H23N5O5/c23-20-17-21(25-11-24-20)27(12-26-17)22-19(29)18(28)16(32-22)10-31-30-9-8-14-6-3-5-13-4-1-2-7-15(13)14/h1-7,11-12,16,18-19,22,28-29H,8-10H2,(H2,23,24,25)/t16-,18-,19-,22-/m1/s1. The molecule has 1 aliphatic rings. The zero-order valence-electron chi connectivity index (χ0n) is 17.1. The first-order valence-electron chi connectivity index (χ1n) is 10.3. The first-order valence-corrected chi connectivity index (χ1v) is 10.3. The molecule has 10 nitrogen and oxygen atoms in total. The fourth-order valence-electron chi connectivity index (χ4n) is 3.99. The molecule has 0 saturated carbocycles. The summed E-state index contributed by atoms with van der Waals surface area (Å²) in [6.07, 6.45) is -0.634. The van der Waals surface area contributed by atoms with Crippen LogP contribution in [0.25, 0.3) is 21.9 Å². The molecule has 1 fully saturated rings. The SMILES string of the molecule is Nc1ncnc2c1ncn2[C@@H]1O[C@H](COOCCc2cccc3ccccc23)[C@@H](O)[C@H]1O. The lowest BCUT2D eigenvalue weighted by atomic mass is 10.0. The highest BCUT2D eigenvalue weighted by Crippen LogP contribution is 2.32. The third kappa shape index (κ3) is 3.78. The maximum Gasteiger partial charge on any atom is 0.167 e. The highest BCUT2D eigenvalue weighted by Gasteiger charge is 2.44. The fourth-order valence-corrected chi connectivity index (χ4v) is 3.99. The van der Waals surface area contributed by atoms with Gasteiger partial charge in [-0.25, -0.2) is 24.7 Å². The monoisotopic (exact) mass is 437 g/mol. The number of aliphatic hydroxyl groups is 2. The molecule has 3 heterocycles. The molecule has 0 aliphatic carbocycles. The highest BCUT2D eigenvalue weighted by molar-refractivity contribution is 5.85. The van der Waals surface area contributed by atoms with Gasteiger partial charge in [0.2, 0.25) is 0 Å². The second-order valence-electron chi connectivity index (χ2n) is 7.62. The van der Waals surface area contributed by atoms with E-state index in [9.17, 15) is 10.2 Å². The van der Waals surface area contributed by atoms with E-state index in [1.165, 1.54) is 28.0 Å². The van der Waals surface area contributed by atoms with Crippen molar-refractivity contribution in [2.45, 2.75) is 31.0 Å². The van der Waals surface area contributed by atoms with Crippen LogP contribution in [0, 0.1) is 0 Å². The quantitative estimate of drug-likeness (QED) is 0.222. The number of nitrogens with zero attached hydrogens (tertiary/aromatic N) is 4. The van der Waals surface area contributed by atoms with Gasteiger partial charge in [-0.3, -0.25) is 4.57 Å². The van der Waals surface area contributed by atoms with Crippen molar-refractivity contribution in [3.63, 3.8) is 0 Å². The number of nitrogens with two attached hydrogens (primary N) is 1. The average Bonchev–Trinajstić information content (AvgIpc) is 3.36. The molecule has 1 aliphatic heterocycles. The Bertz CT molecular complexity index is 1230. The molecule has 5 rings (SSSR count). The number of imidazole rings is 1. The molecule has 10 heteroatoms. The lowest BCUT2D eigenvalue weighted by Crippen LogP contribution is -2.33. The van der Waals surface area contributed by atoms with Crippen LogP contribution in [0.1, 0.15) is 11.8 Å². The van der Waals surface area contributed by atoms with E-state index in [2.05, 4.69) is 39.2 Å². The van der Waals surface area contributed by atoms with Gasteiger partial charge < -0.3 is 20.7 Å². The Morgan fingerprint density at radius 3 is 2.75 bits per heavy atom. The second-order valence-corrected chi connectivity index (χ2v) is 7.62. The summed E-state index contributed by atoms with van der Waals surface area (Å²) in [7, 11) is 0. The Balaban J connectivity index is 1.17. The van der Waals surface area contributed by atoms with E-state index < -0.39 is 24.5 Å². The number of fused-ring (bicyclic) bond motifs is 2. The number of rotatable bonds is 7. The summed E-state index contributed by atoms with van der Waals surface area (Å²) >= 11 is 0. The topological polar surface area (TPSA) is 138 Å². The van der Waals surface area contributed by atoms with Crippen molar-refractivity contribution in [1.29, 1.82) is 0 Å². The van der Waals surface area contributed by atoms with Crippen LogP contribution in [0.15, 0.2) is 55.1 Å². The van der Waals surface area contributed by atoms with Crippen LogP contribution in [-0.4, -0.2) is 61.3 Å². The molecule has 2 aromatic carbocycles. The number of hydrogen-bond donors (Lipinski definition) is 3. The summed E-state index contributed by atoms with van der Waals surface area (Å²) in [5, 5.41) is 23.2. The normalized spacial score (nSPS) is 23.3. The minimum absolute atomic E-state index is 0.0476. The van der Waals surface area contributed by atoms with Crippen LogP contribution in [0.5, 0.6) is 0 Å². The Morgan fingerprint density at radius 1 is 1.00 bits per heavy atom. The van der Waals surface area contributed by atoms with E-state index in [-0.39, 0.29) is 12.4 Å². The first-order chi connectivity index (χ1) is 15.6. The van der Waals surface area contributed by atoms with Crippen molar-refractivity contribution >= 4 is 27.8 Å². The molecule has 0 radical (unpaired) electrons. The molecular weight excluding hydrogens is 414 g/mol. The minimum atomic E-state index is -1.20. The van der Waals surface area contributed by atoms with Crippen LogP contribution in [0.3, 0.4) is 0 Å². The Morgan fingerprint density at radius 2 is 1.84 bits per heavy atom. The van der Waals surface area contributed by atoms with Crippen LogP contribution in [0.4, 0.5) is 5.82 Å². The minimum Gasteiger partial charge on any atom is -0.387 e. The first kappa shape index (κ1) is 20.7. The van der Waals surface area contributed by atoms with Gasteiger partial charge in [0.1, 0.15) is 36.8 Å².